The number of anilines is 1. The molecule has 2 aromatic heterocycles. The largest absolute Gasteiger partial charge is 0.375 e. The predicted octanol–water partition coefficient (Wildman–Crippen LogP) is 4.22. The fraction of sp³-hybridized carbons (Fsp3) is 0.333. The zero-order valence-corrected chi connectivity index (χ0v) is 19.8. The molecule has 1 atom stereocenters. The van der Waals surface area contributed by atoms with Gasteiger partial charge in [-0.1, -0.05) is 12.1 Å². The average molecular weight is 490 g/mol. The van der Waals surface area contributed by atoms with E-state index in [0.29, 0.717) is 43.4 Å². The van der Waals surface area contributed by atoms with Gasteiger partial charge in [0.2, 0.25) is 0 Å². The van der Waals surface area contributed by atoms with Crippen LogP contribution in [-0.4, -0.2) is 29.0 Å². The molecular formula is C27H25F2N5O2. The molecule has 2 aliphatic heterocycles. The lowest BCUT2D eigenvalue weighted by Crippen LogP contribution is -2.33. The second-order valence-corrected chi connectivity index (χ2v) is 9.33. The van der Waals surface area contributed by atoms with E-state index >= 15 is 0 Å². The van der Waals surface area contributed by atoms with Gasteiger partial charge in [0.1, 0.15) is 16.9 Å². The normalized spacial score (nSPS) is 18.8. The number of halogens is 2. The maximum atomic E-state index is 13.1. The standard InChI is InChI=1S/C27H25F2N5O2/c1-27(15-30)16-36-14-19-6-5-17(10-22(19)27)26(35)32-12-21-9-20-13-34(8-7-18(20)11-31-21)24-4-2-3-23(33-24)25(28)29/h2-6,9-11,25H,7-8,12-14,16H2,1H3,(H,32,35)/t27-/m1/s1. The Labute approximate surface area is 207 Å². The van der Waals surface area contributed by atoms with Gasteiger partial charge in [-0.2, -0.15) is 5.26 Å². The summed E-state index contributed by atoms with van der Waals surface area (Å²) in [6.07, 6.45) is -0.0703. The zero-order chi connectivity index (χ0) is 25.3. The number of ether oxygens (including phenoxy) is 1. The molecule has 5 rings (SSSR count). The summed E-state index contributed by atoms with van der Waals surface area (Å²) in [6.45, 7) is 3.95. The van der Waals surface area contributed by atoms with Crippen molar-refractivity contribution < 1.29 is 18.3 Å². The number of amides is 1. The minimum absolute atomic E-state index is 0.235. The van der Waals surface area contributed by atoms with Gasteiger partial charge in [-0.15, -0.1) is 0 Å². The summed E-state index contributed by atoms with van der Waals surface area (Å²) in [6, 6.07) is 14.2. The number of alkyl halides is 2. The first kappa shape index (κ1) is 23.8. The number of carbonyl (C=O) groups is 1. The van der Waals surface area contributed by atoms with Gasteiger partial charge in [0.05, 0.1) is 31.5 Å². The highest BCUT2D eigenvalue weighted by Crippen LogP contribution is 2.32. The summed E-state index contributed by atoms with van der Waals surface area (Å²) in [5.41, 5.74) is 4.01. The van der Waals surface area contributed by atoms with Crippen LogP contribution in [0.25, 0.3) is 0 Å². The van der Waals surface area contributed by atoms with Gasteiger partial charge in [-0.3, -0.25) is 9.78 Å². The molecule has 0 spiro atoms. The Morgan fingerprint density at radius 1 is 1.25 bits per heavy atom. The fourth-order valence-corrected chi connectivity index (χ4v) is 4.68. The van der Waals surface area contributed by atoms with Gasteiger partial charge >= 0.3 is 0 Å². The quantitative estimate of drug-likeness (QED) is 0.577. The van der Waals surface area contributed by atoms with Crippen molar-refractivity contribution in [1.82, 2.24) is 15.3 Å². The Morgan fingerprint density at radius 2 is 2.11 bits per heavy atom. The van der Waals surface area contributed by atoms with Crippen LogP contribution in [0.15, 0.2) is 48.7 Å². The Morgan fingerprint density at radius 3 is 2.92 bits per heavy atom. The van der Waals surface area contributed by atoms with E-state index in [1.807, 2.05) is 30.2 Å². The van der Waals surface area contributed by atoms with Crippen LogP contribution in [0, 0.1) is 11.3 Å². The van der Waals surface area contributed by atoms with Crippen LogP contribution >= 0.6 is 0 Å². The summed E-state index contributed by atoms with van der Waals surface area (Å²) in [5.74, 6) is 0.269. The van der Waals surface area contributed by atoms with Gasteiger partial charge in [0.15, 0.2) is 0 Å². The van der Waals surface area contributed by atoms with E-state index in [2.05, 4.69) is 21.4 Å². The van der Waals surface area contributed by atoms with Crippen LogP contribution in [0.2, 0.25) is 0 Å². The number of nitrogens with one attached hydrogen (secondary N) is 1. The highest BCUT2D eigenvalue weighted by molar-refractivity contribution is 5.94. The first-order chi connectivity index (χ1) is 17.4. The van der Waals surface area contributed by atoms with E-state index in [1.54, 1.807) is 24.3 Å². The van der Waals surface area contributed by atoms with Crippen molar-refractivity contribution >= 4 is 11.7 Å². The molecule has 0 unspecified atom stereocenters. The lowest BCUT2D eigenvalue weighted by molar-refractivity contribution is 0.0757. The molecule has 36 heavy (non-hydrogen) atoms. The maximum absolute atomic E-state index is 13.1. The molecule has 9 heteroatoms. The number of benzene rings is 1. The SMILES string of the molecule is C[C@@]1(C#N)COCc2ccc(C(=O)NCc3cc4c(cn3)CCN(c3cccc(C(F)F)n3)C4)cc21. The molecule has 0 aliphatic carbocycles. The number of hydrogen-bond donors (Lipinski definition) is 1. The Balaban J connectivity index is 1.28. The van der Waals surface area contributed by atoms with Crippen molar-refractivity contribution in [3.8, 4) is 6.07 Å². The predicted molar refractivity (Wildman–Crippen MR) is 128 cm³/mol. The maximum Gasteiger partial charge on any atom is 0.280 e. The zero-order valence-electron chi connectivity index (χ0n) is 19.8. The summed E-state index contributed by atoms with van der Waals surface area (Å²) in [5, 5.41) is 12.5. The third-order valence-corrected chi connectivity index (χ3v) is 6.75. The molecule has 0 saturated carbocycles. The molecule has 0 fully saturated rings. The van der Waals surface area contributed by atoms with Crippen molar-refractivity contribution in [2.24, 2.45) is 0 Å². The molecule has 7 nitrogen and oxygen atoms in total. The third-order valence-electron chi connectivity index (χ3n) is 6.75. The smallest absolute Gasteiger partial charge is 0.280 e. The molecule has 2 aliphatic rings. The summed E-state index contributed by atoms with van der Waals surface area (Å²) >= 11 is 0. The number of carbonyl (C=O) groups excluding carboxylic acids is 1. The lowest BCUT2D eigenvalue weighted by atomic mass is 9.79. The molecular weight excluding hydrogens is 464 g/mol. The number of hydrogen-bond acceptors (Lipinski definition) is 6. The van der Waals surface area contributed by atoms with E-state index in [9.17, 15) is 18.8 Å². The van der Waals surface area contributed by atoms with Crippen LogP contribution in [-0.2, 0) is 36.3 Å². The van der Waals surface area contributed by atoms with E-state index < -0.39 is 11.8 Å². The highest BCUT2D eigenvalue weighted by atomic mass is 19.3. The molecule has 3 aromatic rings. The van der Waals surface area contributed by atoms with Crippen molar-refractivity contribution in [3.63, 3.8) is 0 Å². The summed E-state index contributed by atoms with van der Waals surface area (Å²) in [4.78, 5) is 23.5. The van der Waals surface area contributed by atoms with Gasteiger partial charge in [0.25, 0.3) is 12.3 Å². The first-order valence-corrected chi connectivity index (χ1v) is 11.7. The van der Waals surface area contributed by atoms with E-state index in [4.69, 9.17) is 4.74 Å². The second-order valence-electron chi connectivity index (χ2n) is 9.33. The molecule has 0 bridgehead atoms. The van der Waals surface area contributed by atoms with Crippen LogP contribution < -0.4 is 10.2 Å². The minimum Gasteiger partial charge on any atom is -0.375 e. The molecule has 1 N–H and O–H groups in total. The number of aromatic nitrogens is 2. The molecule has 184 valence electrons. The number of rotatable bonds is 5. The number of nitriles is 1. The Kier molecular flexibility index (Phi) is 6.37. The number of fused-ring (bicyclic) bond motifs is 2. The molecule has 0 radical (unpaired) electrons. The Hall–Kier alpha value is -3.90. The summed E-state index contributed by atoms with van der Waals surface area (Å²) < 4.78 is 31.7. The molecule has 4 heterocycles. The molecule has 0 saturated heterocycles. The van der Waals surface area contributed by atoms with Crippen molar-refractivity contribution in [3.05, 3.63) is 87.9 Å². The minimum atomic E-state index is -2.61. The van der Waals surface area contributed by atoms with Gasteiger partial charge in [-0.25, -0.2) is 13.8 Å². The van der Waals surface area contributed by atoms with Crippen molar-refractivity contribution in [1.29, 1.82) is 5.26 Å². The summed E-state index contributed by atoms with van der Waals surface area (Å²) in [7, 11) is 0. The third kappa shape index (κ3) is 4.64. The van der Waals surface area contributed by atoms with Crippen LogP contribution in [0.1, 0.15) is 57.3 Å². The van der Waals surface area contributed by atoms with Gasteiger partial charge in [-0.05, 0) is 65.9 Å². The fourth-order valence-electron chi connectivity index (χ4n) is 4.68. The van der Waals surface area contributed by atoms with E-state index in [1.165, 1.54) is 6.07 Å². The highest BCUT2D eigenvalue weighted by Gasteiger charge is 2.33. The molecule has 1 amide bonds. The lowest BCUT2D eigenvalue weighted by Gasteiger charge is -2.30. The topological polar surface area (TPSA) is 91.1 Å². The van der Waals surface area contributed by atoms with Crippen molar-refractivity contribution in [2.75, 3.05) is 18.1 Å². The van der Waals surface area contributed by atoms with Crippen LogP contribution in [0.5, 0.6) is 0 Å². The van der Waals surface area contributed by atoms with E-state index in [0.717, 1.165) is 28.7 Å². The van der Waals surface area contributed by atoms with Gasteiger partial charge < -0.3 is 15.0 Å². The van der Waals surface area contributed by atoms with Crippen LogP contribution in [0.4, 0.5) is 14.6 Å². The first-order valence-electron chi connectivity index (χ1n) is 11.7. The van der Waals surface area contributed by atoms with Crippen LogP contribution in [0.3, 0.4) is 0 Å². The monoisotopic (exact) mass is 489 g/mol. The van der Waals surface area contributed by atoms with Crippen molar-refractivity contribution in [2.45, 2.75) is 44.9 Å². The van der Waals surface area contributed by atoms with E-state index in [-0.39, 0.29) is 18.1 Å². The second kappa shape index (κ2) is 9.63. The van der Waals surface area contributed by atoms with Gasteiger partial charge in [0, 0.05) is 24.8 Å². The number of nitrogens with zero attached hydrogens (tertiary/aromatic N) is 4. The Bertz CT molecular complexity index is 1360. The average Bonchev–Trinajstić information content (AvgIpc) is 2.91. The number of pyridine rings is 2. The molecule has 1 aromatic carbocycles.